The molecule has 2 aromatic carbocycles. The van der Waals surface area contributed by atoms with Crippen molar-refractivity contribution in [2.75, 3.05) is 19.9 Å². The summed E-state index contributed by atoms with van der Waals surface area (Å²) in [5.41, 5.74) is 2.13. The Morgan fingerprint density at radius 3 is 2.11 bits per heavy atom. The van der Waals surface area contributed by atoms with Crippen LogP contribution >= 0.6 is 7.14 Å². The van der Waals surface area contributed by atoms with E-state index in [4.69, 9.17) is 4.74 Å². The smallest absolute Gasteiger partial charge is 0.146 e. The van der Waals surface area contributed by atoms with Gasteiger partial charge in [0.05, 0.1) is 6.10 Å². The molecule has 142 valence electrons. The third-order valence-electron chi connectivity index (χ3n) is 5.38. The van der Waals surface area contributed by atoms with Crippen LogP contribution in [0.25, 0.3) is 0 Å². The van der Waals surface area contributed by atoms with Gasteiger partial charge in [-0.05, 0) is 18.4 Å². The predicted octanol–water partition coefficient (Wildman–Crippen LogP) is 3.90. The van der Waals surface area contributed by atoms with E-state index >= 15 is 0 Å². The third kappa shape index (κ3) is 4.32. The molecule has 1 aliphatic rings. The van der Waals surface area contributed by atoms with Gasteiger partial charge < -0.3 is 14.4 Å². The Hall–Kier alpha value is -1.93. The van der Waals surface area contributed by atoms with E-state index in [1.54, 1.807) is 7.11 Å². The van der Waals surface area contributed by atoms with Gasteiger partial charge in [-0.2, -0.15) is 0 Å². The summed E-state index contributed by atoms with van der Waals surface area (Å²) in [4.78, 5) is 0. The van der Waals surface area contributed by atoms with Crippen LogP contribution in [0.2, 0.25) is 0 Å². The second kappa shape index (κ2) is 8.84. The lowest BCUT2D eigenvalue weighted by Crippen LogP contribution is -2.28. The minimum Gasteiger partial charge on any atom is -0.396 e. The second-order valence-electron chi connectivity index (χ2n) is 7.04. The van der Waals surface area contributed by atoms with E-state index in [0.717, 1.165) is 29.0 Å². The Morgan fingerprint density at radius 1 is 1.07 bits per heavy atom. The summed E-state index contributed by atoms with van der Waals surface area (Å²) < 4.78 is 19.6. The lowest BCUT2D eigenvalue weighted by Gasteiger charge is -2.32. The third-order valence-corrected chi connectivity index (χ3v) is 8.34. The summed E-state index contributed by atoms with van der Waals surface area (Å²) in [7, 11) is -1.09. The average Bonchev–Trinajstić information content (AvgIpc) is 2.74. The summed E-state index contributed by atoms with van der Waals surface area (Å²) in [5, 5.41) is 11.4. The Kier molecular flexibility index (Phi) is 6.49. The first-order chi connectivity index (χ1) is 13.1. The highest BCUT2D eigenvalue weighted by Crippen LogP contribution is 2.44. The molecule has 3 rings (SSSR count). The number of hydrogen-bond donors (Lipinski definition) is 1. The van der Waals surface area contributed by atoms with Gasteiger partial charge >= 0.3 is 0 Å². The fourth-order valence-electron chi connectivity index (χ4n) is 3.70. The Balaban J connectivity index is 1.93. The van der Waals surface area contributed by atoms with Gasteiger partial charge in [0.1, 0.15) is 7.14 Å². The lowest BCUT2D eigenvalue weighted by atomic mass is 9.80. The molecular formula is C23H27O3P. The van der Waals surface area contributed by atoms with Crippen LogP contribution in [-0.2, 0) is 9.30 Å². The van der Waals surface area contributed by atoms with Crippen molar-refractivity contribution < 1.29 is 14.4 Å². The van der Waals surface area contributed by atoms with E-state index in [9.17, 15) is 9.67 Å². The molecule has 1 aliphatic carbocycles. The van der Waals surface area contributed by atoms with Gasteiger partial charge in [-0.1, -0.05) is 78.9 Å². The van der Waals surface area contributed by atoms with Crippen molar-refractivity contribution in [1.29, 1.82) is 0 Å². The molecule has 0 heterocycles. The topological polar surface area (TPSA) is 46.5 Å². The zero-order valence-electron chi connectivity index (χ0n) is 15.8. The average molecular weight is 382 g/mol. The van der Waals surface area contributed by atoms with Crippen molar-refractivity contribution in [1.82, 2.24) is 0 Å². The van der Waals surface area contributed by atoms with Crippen molar-refractivity contribution >= 4 is 17.8 Å². The van der Waals surface area contributed by atoms with Crippen molar-refractivity contribution in [3.8, 4) is 0 Å². The van der Waals surface area contributed by atoms with Gasteiger partial charge in [-0.25, -0.2) is 0 Å². The van der Waals surface area contributed by atoms with Gasteiger partial charge in [-0.3, -0.25) is 0 Å². The predicted molar refractivity (Wildman–Crippen MR) is 112 cm³/mol. The molecular weight excluding hydrogens is 355 g/mol. The summed E-state index contributed by atoms with van der Waals surface area (Å²) in [6, 6.07) is 19.4. The Bertz CT molecular complexity index is 781. The molecule has 2 aromatic rings. The molecule has 0 spiro atoms. The molecule has 0 bridgehead atoms. The highest BCUT2D eigenvalue weighted by Gasteiger charge is 2.30. The summed E-state index contributed by atoms with van der Waals surface area (Å²) in [6.45, 7) is 4.15. The molecule has 4 heteroatoms. The van der Waals surface area contributed by atoms with Gasteiger partial charge in [0, 0.05) is 36.4 Å². The number of rotatable bonds is 6. The number of methoxy groups -OCH3 is 1. The number of allylic oxidation sites excluding steroid dienone is 1. The second-order valence-corrected chi connectivity index (χ2v) is 9.92. The molecule has 1 N–H and O–H groups in total. The van der Waals surface area contributed by atoms with Crippen LogP contribution in [0, 0.1) is 5.92 Å². The fourth-order valence-corrected chi connectivity index (χ4v) is 6.24. The van der Waals surface area contributed by atoms with Crippen molar-refractivity contribution in [2.24, 2.45) is 5.92 Å². The van der Waals surface area contributed by atoms with Crippen molar-refractivity contribution in [3.05, 3.63) is 84.5 Å². The maximum Gasteiger partial charge on any atom is 0.146 e. The van der Waals surface area contributed by atoms with Crippen LogP contribution in [0.5, 0.6) is 0 Å². The normalized spacial score (nSPS) is 22.1. The first-order valence-electron chi connectivity index (χ1n) is 9.29. The number of ether oxygens (including phenoxy) is 1. The SMILES string of the molecule is C=C1[C@H](CO)C/C(=C/CP(=O)(c2ccccc2)c2ccccc2)C[C@H]1OC. The van der Waals surface area contributed by atoms with Gasteiger partial charge in [-0.15, -0.1) is 0 Å². The molecule has 2 atom stereocenters. The molecule has 27 heavy (non-hydrogen) atoms. The Morgan fingerprint density at radius 2 is 1.63 bits per heavy atom. The van der Waals surface area contributed by atoms with E-state index in [0.29, 0.717) is 6.16 Å². The van der Waals surface area contributed by atoms with Crippen molar-refractivity contribution in [3.63, 3.8) is 0 Å². The summed E-state index contributed by atoms with van der Waals surface area (Å²) >= 11 is 0. The van der Waals surface area contributed by atoms with Crippen LogP contribution in [-0.4, -0.2) is 31.1 Å². The van der Waals surface area contributed by atoms with Crippen LogP contribution in [0.15, 0.2) is 84.5 Å². The number of benzene rings is 2. The molecule has 0 aliphatic heterocycles. The summed E-state index contributed by atoms with van der Waals surface area (Å²) in [5.74, 6) is 0.00258. The van der Waals surface area contributed by atoms with E-state index in [1.807, 2.05) is 60.7 Å². The maximum atomic E-state index is 14.1. The molecule has 3 nitrogen and oxygen atoms in total. The number of aliphatic hydroxyl groups is 1. The van der Waals surface area contributed by atoms with E-state index in [2.05, 4.69) is 12.7 Å². The van der Waals surface area contributed by atoms with E-state index < -0.39 is 7.14 Å². The van der Waals surface area contributed by atoms with E-state index in [-0.39, 0.29) is 18.6 Å². The number of hydrogen-bond acceptors (Lipinski definition) is 3. The largest absolute Gasteiger partial charge is 0.396 e. The van der Waals surface area contributed by atoms with Gasteiger partial charge in [0.25, 0.3) is 0 Å². The standard InChI is InChI=1S/C23H27O3P/c1-18-20(17-24)15-19(16-23(18)26-2)13-14-27(25,21-9-5-3-6-10-21)22-11-7-4-8-12-22/h3-13,20,23-24H,1,14-17H2,2H3/b19-13-/t20-,23+/m0/s1. The molecule has 0 saturated heterocycles. The molecule has 0 radical (unpaired) electrons. The van der Waals surface area contributed by atoms with Gasteiger partial charge in [0.2, 0.25) is 0 Å². The molecule has 0 aromatic heterocycles. The fraction of sp³-hybridized carbons (Fsp3) is 0.304. The molecule has 1 fully saturated rings. The first-order valence-corrected chi connectivity index (χ1v) is 11.2. The first kappa shape index (κ1) is 19.8. The highest BCUT2D eigenvalue weighted by molar-refractivity contribution is 7.78. The van der Waals surface area contributed by atoms with Crippen LogP contribution in [0.1, 0.15) is 12.8 Å². The monoisotopic (exact) mass is 382 g/mol. The highest BCUT2D eigenvalue weighted by atomic mass is 31.2. The van der Waals surface area contributed by atoms with Crippen LogP contribution in [0.4, 0.5) is 0 Å². The summed E-state index contributed by atoms with van der Waals surface area (Å²) in [6.07, 6.45) is 3.98. The Labute approximate surface area is 161 Å². The number of aliphatic hydroxyl groups excluding tert-OH is 1. The van der Waals surface area contributed by atoms with Gasteiger partial charge in [0.15, 0.2) is 0 Å². The van der Waals surface area contributed by atoms with E-state index in [1.165, 1.54) is 5.57 Å². The lowest BCUT2D eigenvalue weighted by molar-refractivity contribution is 0.101. The molecule has 1 saturated carbocycles. The minimum absolute atomic E-state index is 0.00258. The quantitative estimate of drug-likeness (QED) is 0.609. The molecule has 0 amide bonds. The maximum absolute atomic E-state index is 14.1. The molecule has 0 unspecified atom stereocenters. The van der Waals surface area contributed by atoms with Crippen molar-refractivity contribution in [2.45, 2.75) is 18.9 Å². The zero-order chi connectivity index (χ0) is 19.3. The van der Waals surface area contributed by atoms with Crippen LogP contribution < -0.4 is 10.6 Å². The minimum atomic E-state index is -2.76. The van der Waals surface area contributed by atoms with Crippen LogP contribution in [0.3, 0.4) is 0 Å². The zero-order valence-corrected chi connectivity index (χ0v) is 16.6.